The highest BCUT2D eigenvalue weighted by atomic mass is 79.9. The number of nitrogens with zero attached hydrogens (tertiary/aromatic N) is 1. The van der Waals surface area contributed by atoms with E-state index in [4.69, 9.17) is 10.5 Å². The van der Waals surface area contributed by atoms with E-state index in [1.165, 1.54) is 11.3 Å². The third kappa shape index (κ3) is 3.87. The first kappa shape index (κ1) is 19.1. The lowest BCUT2D eigenvalue weighted by atomic mass is 10.1. The van der Waals surface area contributed by atoms with Crippen molar-refractivity contribution in [1.29, 1.82) is 0 Å². The number of amides is 1. The summed E-state index contributed by atoms with van der Waals surface area (Å²) < 4.78 is 8.44. The number of aromatic nitrogens is 1. The Morgan fingerprint density at radius 1 is 1.23 bits per heavy atom. The van der Waals surface area contributed by atoms with E-state index in [-0.39, 0.29) is 12.5 Å². The number of aryl methyl sites for hydroxylation is 3. The fourth-order valence-electron chi connectivity index (χ4n) is 2.78. The second kappa shape index (κ2) is 7.54. The van der Waals surface area contributed by atoms with Gasteiger partial charge < -0.3 is 15.8 Å². The fraction of sp³-hybridized carbons (Fsp3) is 0.222. The summed E-state index contributed by atoms with van der Waals surface area (Å²) in [5.74, 6) is 0.435. The van der Waals surface area contributed by atoms with E-state index in [1.807, 2.05) is 39.0 Å². The Morgan fingerprint density at radius 2 is 1.96 bits per heavy atom. The summed E-state index contributed by atoms with van der Waals surface area (Å²) >= 11 is 8.31. The number of nitrogens with two attached hydrogens (primary N) is 1. The minimum atomic E-state index is -0.220. The molecule has 0 aliphatic heterocycles. The molecule has 3 N–H and O–H groups in total. The molecule has 0 saturated carbocycles. The van der Waals surface area contributed by atoms with Crippen LogP contribution in [0.2, 0.25) is 0 Å². The molecule has 0 unspecified atom stereocenters. The van der Waals surface area contributed by atoms with Crippen molar-refractivity contribution in [3.63, 3.8) is 0 Å². The first-order valence-electron chi connectivity index (χ1n) is 7.80. The zero-order valence-corrected chi connectivity index (χ0v) is 18.4. The van der Waals surface area contributed by atoms with Gasteiger partial charge in [0.25, 0.3) is 5.91 Å². The molecule has 0 atom stereocenters. The number of fused-ring (bicyclic) bond motifs is 1. The lowest BCUT2D eigenvalue weighted by Gasteiger charge is -2.14. The van der Waals surface area contributed by atoms with E-state index < -0.39 is 0 Å². The number of halogens is 2. The molecule has 3 rings (SSSR count). The summed E-state index contributed by atoms with van der Waals surface area (Å²) in [5, 5.41) is 3.47. The van der Waals surface area contributed by atoms with Crippen LogP contribution in [-0.2, 0) is 4.79 Å². The van der Waals surface area contributed by atoms with Crippen LogP contribution in [0, 0.1) is 20.8 Å². The van der Waals surface area contributed by atoms with Crippen LogP contribution in [0.4, 0.5) is 10.8 Å². The predicted octanol–water partition coefficient (Wildman–Crippen LogP) is 5.35. The van der Waals surface area contributed by atoms with Crippen LogP contribution in [0.3, 0.4) is 0 Å². The summed E-state index contributed by atoms with van der Waals surface area (Å²) in [7, 11) is 0. The Kier molecular flexibility index (Phi) is 5.55. The molecule has 0 fully saturated rings. The molecule has 26 heavy (non-hydrogen) atoms. The van der Waals surface area contributed by atoms with Gasteiger partial charge in [0.2, 0.25) is 0 Å². The lowest BCUT2D eigenvalue weighted by Crippen LogP contribution is -2.21. The predicted molar refractivity (Wildman–Crippen MR) is 114 cm³/mol. The molecule has 136 valence electrons. The van der Waals surface area contributed by atoms with Crippen molar-refractivity contribution in [2.75, 3.05) is 17.7 Å². The highest BCUT2D eigenvalue weighted by Crippen LogP contribution is 2.34. The minimum absolute atomic E-state index is 0.0805. The van der Waals surface area contributed by atoms with Crippen molar-refractivity contribution in [3.05, 3.63) is 43.8 Å². The Balaban J connectivity index is 1.78. The van der Waals surface area contributed by atoms with Crippen molar-refractivity contribution >= 4 is 70.1 Å². The van der Waals surface area contributed by atoms with Gasteiger partial charge in [-0.1, -0.05) is 27.3 Å². The molecular weight excluding hydrogens is 482 g/mol. The molecule has 1 aromatic heterocycles. The van der Waals surface area contributed by atoms with Crippen LogP contribution in [0.15, 0.2) is 27.1 Å². The number of carbonyl (C=O) groups excluding carboxylic acids is 1. The Labute approximate surface area is 172 Å². The maximum absolute atomic E-state index is 12.4. The van der Waals surface area contributed by atoms with Crippen molar-refractivity contribution < 1.29 is 9.53 Å². The van der Waals surface area contributed by atoms with E-state index in [2.05, 4.69) is 42.2 Å². The third-order valence-corrected chi connectivity index (χ3v) is 6.01. The first-order valence-corrected chi connectivity index (χ1v) is 10.2. The molecule has 0 saturated heterocycles. The maximum atomic E-state index is 12.4. The number of carbonyl (C=O) groups is 1. The first-order chi connectivity index (χ1) is 12.3. The Bertz CT molecular complexity index is 994. The molecule has 2 aromatic carbocycles. The molecule has 0 spiro atoms. The number of hydrogen-bond acceptors (Lipinski definition) is 5. The SMILES string of the molecule is Cc1cc2nc(N)sc2c(C)c1NC(=O)COc1c(C)cc(Br)cc1Br. The summed E-state index contributed by atoms with van der Waals surface area (Å²) in [6, 6.07) is 5.76. The smallest absolute Gasteiger partial charge is 0.262 e. The van der Waals surface area contributed by atoms with Crippen LogP contribution in [0.5, 0.6) is 5.75 Å². The van der Waals surface area contributed by atoms with E-state index in [0.717, 1.165) is 41.5 Å². The molecular formula is C18H17Br2N3O2S. The number of nitrogens with one attached hydrogen (secondary N) is 1. The van der Waals surface area contributed by atoms with E-state index in [0.29, 0.717) is 10.9 Å². The zero-order valence-electron chi connectivity index (χ0n) is 14.4. The van der Waals surface area contributed by atoms with Gasteiger partial charge in [0.05, 0.1) is 14.7 Å². The fourth-order valence-corrected chi connectivity index (χ4v) is 5.15. The normalized spacial score (nSPS) is 11.0. The van der Waals surface area contributed by atoms with Gasteiger partial charge in [-0.2, -0.15) is 0 Å². The van der Waals surface area contributed by atoms with Gasteiger partial charge >= 0.3 is 0 Å². The molecule has 0 aliphatic rings. The van der Waals surface area contributed by atoms with Gasteiger partial charge in [0.15, 0.2) is 11.7 Å². The van der Waals surface area contributed by atoms with Gasteiger partial charge in [-0.3, -0.25) is 4.79 Å². The number of rotatable bonds is 4. The number of nitrogen functional groups attached to an aromatic ring is 1. The number of anilines is 2. The van der Waals surface area contributed by atoms with Crippen LogP contribution in [-0.4, -0.2) is 17.5 Å². The van der Waals surface area contributed by atoms with Gasteiger partial charge in [0, 0.05) is 10.2 Å². The van der Waals surface area contributed by atoms with Gasteiger partial charge in [0.1, 0.15) is 5.75 Å². The van der Waals surface area contributed by atoms with Gasteiger partial charge in [-0.15, -0.1) is 0 Å². The largest absolute Gasteiger partial charge is 0.482 e. The number of hydrogen-bond donors (Lipinski definition) is 2. The Hall–Kier alpha value is -1.64. The highest BCUT2D eigenvalue weighted by molar-refractivity contribution is 9.11. The van der Waals surface area contributed by atoms with Crippen LogP contribution >= 0.6 is 43.2 Å². The van der Waals surface area contributed by atoms with E-state index in [1.54, 1.807) is 0 Å². The average molecular weight is 499 g/mol. The molecule has 3 aromatic rings. The van der Waals surface area contributed by atoms with Crippen LogP contribution in [0.25, 0.3) is 10.2 Å². The van der Waals surface area contributed by atoms with E-state index >= 15 is 0 Å². The van der Waals surface area contributed by atoms with E-state index in [9.17, 15) is 4.79 Å². The van der Waals surface area contributed by atoms with Crippen molar-refractivity contribution in [1.82, 2.24) is 4.98 Å². The quantitative estimate of drug-likeness (QED) is 0.508. The maximum Gasteiger partial charge on any atom is 0.262 e. The number of thiazole rings is 1. The summed E-state index contributed by atoms with van der Waals surface area (Å²) in [6.45, 7) is 5.74. The van der Waals surface area contributed by atoms with Crippen LogP contribution < -0.4 is 15.8 Å². The lowest BCUT2D eigenvalue weighted by molar-refractivity contribution is -0.118. The molecule has 0 aliphatic carbocycles. The topological polar surface area (TPSA) is 77.2 Å². The molecule has 5 nitrogen and oxygen atoms in total. The molecule has 0 radical (unpaired) electrons. The highest BCUT2D eigenvalue weighted by Gasteiger charge is 2.15. The molecule has 0 bridgehead atoms. The second-order valence-corrected chi connectivity index (χ2v) is 8.76. The van der Waals surface area contributed by atoms with Gasteiger partial charge in [-0.25, -0.2) is 4.98 Å². The summed E-state index contributed by atoms with van der Waals surface area (Å²) in [5.41, 5.74) is 10.3. The standard InChI is InChI=1S/C18H17Br2N3O2S/c1-8-5-13-17(26-18(21)22-13)10(3)15(8)23-14(24)7-25-16-9(2)4-11(19)6-12(16)20/h4-6H,7H2,1-3H3,(H2,21,22)(H,23,24). The van der Waals surface area contributed by atoms with Crippen molar-refractivity contribution in [3.8, 4) is 5.75 Å². The number of ether oxygens (including phenoxy) is 1. The number of benzene rings is 2. The minimum Gasteiger partial charge on any atom is -0.482 e. The van der Waals surface area contributed by atoms with Crippen molar-refractivity contribution in [2.24, 2.45) is 0 Å². The molecule has 1 amide bonds. The second-order valence-electron chi connectivity index (χ2n) is 5.96. The third-order valence-electron chi connectivity index (χ3n) is 3.94. The Morgan fingerprint density at radius 3 is 2.65 bits per heavy atom. The van der Waals surface area contributed by atoms with Crippen LogP contribution in [0.1, 0.15) is 16.7 Å². The summed E-state index contributed by atoms with van der Waals surface area (Å²) in [4.78, 5) is 16.7. The monoisotopic (exact) mass is 497 g/mol. The molecule has 8 heteroatoms. The average Bonchev–Trinajstić information content (AvgIpc) is 2.91. The van der Waals surface area contributed by atoms with Gasteiger partial charge in [-0.05, 0) is 71.6 Å². The molecule has 1 heterocycles. The summed E-state index contributed by atoms with van der Waals surface area (Å²) in [6.07, 6.45) is 0. The zero-order chi connectivity index (χ0) is 19.0. The van der Waals surface area contributed by atoms with Crippen molar-refractivity contribution in [2.45, 2.75) is 20.8 Å².